The fourth-order valence-electron chi connectivity index (χ4n) is 2.14. The molecule has 0 aliphatic heterocycles. The number of ether oxygens (including phenoxy) is 3. The fourth-order valence-corrected chi connectivity index (χ4v) is 2.14. The van der Waals surface area contributed by atoms with E-state index in [9.17, 15) is 4.79 Å². The van der Waals surface area contributed by atoms with Crippen LogP contribution in [0, 0.1) is 0 Å². The van der Waals surface area contributed by atoms with Gasteiger partial charge >= 0.3 is 0 Å². The molecule has 0 saturated heterocycles. The van der Waals surface area contributed by atoms with Crippen LogP contribution in [0.5, 0.6) is 17.2 Å². The summed E-state index contributed by atoms with van der Waals surface area (Å²) in [6.45, 7) is 2.51. The van der Waals surface area contributed by atoms with E-state index in [0.29, 0.717) is 35.8 Å². The lowest BCUT2D eigenvalue weighted by atomic mass is 10.1. The number of carbonyl (C=O) groups is 1. The maximum Gasteiger partial charge on any atom is 0.203 e. The molecule has 0 radical (unpaired) electrons. The molecule has 2 aromatic rings. The van der Waals surface area contributed by atoms with Gasteiger partial charge in [-0.05, 0) is 19.1 Å². The SMILES string of the molecule is CCn1nnc(C=O)c1-c1cc(OC)c(OC)c(OC)c1. The average Bonchev–Trinajstić information content (AvgIpc) is 2.96. The van der Waals surface area contributed by atoms with Gasteiger partial charge in [-0.25, -0.2) is 4.68 Å². The molecular formula is C14H17N3O4. The quantitative estimate of drug-likeness (QED) is 0.755. The summed E-state index contributed by atoms with van der Waals surface area (Å²) in [4.78, 5) is 11.2. The van der Waals surface area contributed by atoms with Gasteiger partial charge in [0.15, 0.2) is 23.5 Å². The van der Waals surface area contributed by atoms with Crippen molar-refractivity contribution in [2.24, 2.45) is 0 Å². The van der Waals surface area contributed by atoms with E-state index < -0.39 is 0 Å². The fraction of sp³-hybridized carbons (Fsp3) is 0.357. The van der Waals surface area contributed by atoms with Crippen LogP contribution in [0.1, 0.15) is 17.4 Å². The number of nitrogens with zero attached hydrogens (tertiary/aromatic N) is 3. The number of methoxy groups -OCH3 is 3. The smallest absolute Gasteiger partial charge is 0.203 e. The van der Waals surface area contributed by atoms with E-state index in [0.717, 1.165) is 5.56 Å². The molecule has 0 aliphatic rings. The maximum atomic E-state index is 11.2. The van der Waals surface area contributed by atoms with E-state index in [4.69, 9.17) is 14.2 Å². The average molecular weight is 291 g/mol. The molecule has 7 nitrogen and oxygen atoms in total. The van der Waals surface area contributed by atoms with Crippen molar-refractivity contribution in [3.63, 3.8) is 0 Å². The van der Waals surface area contributed by atoms with Crippen molar-refractivity contribution in [2.75, 3.05) is 21.3 Å². The number of aromatic nitrogens is 3. The summed E-state index contributed by atoms with van der Waals surface area (Å²) in [7, 11) is 4.61. The van der Waals surface area contributed by atoms with Gasteiger partial charge in [0, 0.05) is 12.1 Å². The third-order valence-electron chi connectivity index (χ3n) is 3.11. The third-order valence-corrected chi connectivity index (χ3v) is 3.11. The molecule has 0 N–H and O–H groups in total. The van der Waals surface area contributed by atoms with Crippen LogP contribution in [-0.2, 0) is 6.54 Å². The highest BCUT2D eigenvalue weighted by Crippen LogP contribution is 2.41. The van der Waals surface area contributed by atoms with Crippen molar-refractivity contribution in [1.29, 1.82) is 0 Å². The third kappa shape index (κ3) is 2.54. The van der Waals surface area contributed by atoms with Gasteiger partial charge in [0.2, 0.25) is 5.75 Å². The van der Waals surface area contributed by atoms with Crippen molar-refractivity contribution in [1.82, 2.24) is 15.0 Å². The summed E-state index contributed by atoms with van der Waals surface area (Å²) in [6, 6.07) is 3.53. The molecule has 0 fully saturated rings. The van der Waals surface area contributed by atoms with Crippen LogP contribution in [0.15, 0.2) is 12.1 Å². The molecule has 1 aromatic heterocycles. The minimum atomic E-state index is 0.270. The van der Waals surface area contributed by atoms with Gasteiger partial charge in [0.1, 0.15) is 0 Å². The second kappa shape index (κ2) is 6.25. The maximum absolute atomic E-state index is 11.2. The highest BCUT2D eigenvalue weighted by molar-refractivity contribution is 5.84. The van der Waals surface area contributed by atoms with E-state index in [1.165, 1.54) is 21.3 Å². The van der Waals surface area contributed by atoms with Crippen LogP contribution in [0.4, 0.5) is 0 Å². The molecule has 0 unspecified atom stereocenters. The summed E-state index contributed by atoms with van der Waals surface area (Å²) in [6.07, 6.45) is 0.678. The largest absolute Gasteiger partial charge is 0.493 e. The van der Waals surface area contributed by atoms with Gasteiger partial charge in [-0.2, -0.15) is 0 Å². The van der Waals surface area contributed by atoms with Crippen LogP contribution < -0.4 is 14.2 Å². The van der Waals surface area contributed by atoms with Gasteiger partial charge in [0.25, 0.3) is 0 Å². The van der Waals surface area contributed by atoms with Crippen LogP contribution in [-0.4, -0.2) is 42.6 Å². The Bertz CT molecular complexity index is 627. The molecule has 21 heavy (non-hydrogen) atoms. The van der Waals surface area contributed by atoms with Crippen molar-refractivity contribution >= 4 is 6.29 Å². The Morgan fingerprint density at radius 1 is 1.14 bits per heavy atom. The molecule has 0 atom stereocenters. The number of aldehydes is 1. The van der Waals surface area contributed by atoms with E-state index >= 15 is 0 Å². The molecule has 0 spiro atoms. The summed E-state index contributed by atoms with van der Waals surface area (Å²) in [5.74, 6) is 1.51. The zero-order valence-electron chi connectivity index (χ0n) is 12.4. The van der Waals surface area contributed by atoms with E-state index in [1.807, 2.05) is 6.92 Å². The summed E-state index contributed by atoms with van der Waals surface area (Å²) in [5, 5.41) is 7.83. The molecule has 0 saturated carbocycles. The van der Waals surface area contributed by atoms with Crippen LogP contribution >= 0.6 is 0 Å². The summed E-state index contributed by atoms with van der Waals surface area (Å²) < 4.78 is 17.6. The molecule has 1 aromatic carbocycles. The number of hydrogen-bond acceptors (Lipinski definition) is 6. The zero-order valence-corrected chi connectivity index (χ0v) is 12.4. The minimum Gasteiger partial charge on any atom is -0.493 e. The molecule has 0 bridgehead atoms. The Labute approximate surface area is 122 Å². The monoisotopic (exact) mass is 291 g/mol. The summed E-state index contributed by atoms with van der Waals surface area (Å²) in [5.41, 5.74) is 1.61. The van der Waals surface area contributed by atoms with Gasteiger partial charge in [-0.3, -0.25) is 4.79 Å². The minimum absolute atomic E-state index is 0.270. The topological polar surface area (TPSA) is 75.5 Å². The number of rotatable bonds is 6. The Balaban J connectivity index is 2.70. The molecule has 2 rings (SSSR count). The predicted octanol–water partition coefficient (Wildman–Crippen LogP) is 1.80. The molecular weight excluding hydrogens is 274 g/mol. The van der Waals surface area contributed by atoms with Crippen molar-refractivity contribution in [3.8, 4) is 28.5 Å². The van der Waals surface area contributed by atoms with Gasteiger partial charge in [0.05, 0.1) is 27.0 Å². The molecule has 0 aliphatic carbocycles. The first-order chi connectivity index (χ1) is 10.2. The van der Waals surface area contributed by atoms with Crippen LogP contribution in [0.3, 0.4) is 0 Å². The molecule has 0 amide bonds. The molecule has 7 heteroatoms. The van der Waals surface area contributed by atoms with Crippen LogP contribution in [0.2, 0.25) is 0 Å². The number of benzene rings is 1. The predicted molar refractivity (Wildman–Crippen MR) is 76.2 cm³/mol. The van der Waals surface area contributed by atoms with Crippen molar-refractivity contribution in [2.45, 2.75) is 13.5 Å². The first-order valence-electron chi connectivity index (χ1n) is 6.39. The van der Waals surface area contributed by atoms with Gasteiger partial charge in [-0.15, -0.1) is 5.10 Å². The Kier molecular flexibility index (Phi) is 4.42. The van der Waals surface area contributed by atoms with Gasteiger partial charge in [-0.1, -0.05) is 5.21 Å². The number of aryl methyl sites for hydroxylation is 1. The van der Waals surface area contributed by atoms with Gasteiger partial charge < -0.3 is 14.2 Å². The lowest BCUT2D eigenvalue weighted by molar-refractivity contribution is 0.111. The summed E-state index contributed by atoms with van der Waals surface area (Å²) >= 11 is 0. The first-order valence-corrected chi connectivity index (χ1v) is 6.39. The normalized spacial score (nSPS) is 10.3. The highest BCUT2D eigenvalue weighted by atomic mass is 16.5. The Morgan fingerprint density at radius 2 is 1.76 bits per heavy atom. The Morgan fingerprint density at radius 3 is 2.19 bits per heavy atom. The number of hydrogen-bond donors (Lipinski definition) is 0. The van der Waals surface area contributed by atoms with Crippen LogP contribution in [0.25, 0.3) is 11.3 Å². The second-order valence-corrected chi connectivity index (χ2v) is 4.17. The number of carbonyl (C=O) groups excluding carboxylic acids is 1. The van der Waals surface area contributed by atoms with E-state index in [-0.39, 0.29) is 5.69 Å². The molecule has 112 valence electrons. The van der Waals surface area contributed by atoms with Crippen molar-refractivity contribution in [3.05, 3.63) is 17.8 Å². The first kappa shape index (κ1) is 14.8. The molecule has 1 heterocycles. The highest BCUT2D eigenvalue weighted by Gasteiger charge is 2.19. The lowest BCUT2D eigenvalue weighted by Gasteiger charge is -2.14. The second-order valence-electron chi connectivity index (χ2n) is 4.17. The van der Waals surface area contributed by atoms with E-state index in [2.05, 4.69) is 10.3 Å². The lowest BCUT2D eigenvalue weighted by Crippen LogP contribution is -2.02. The Hall–Kier alpha value is -2.57. The zero-order chi connectivity index (χ0) is 15.4. The van der Waals surface area contributed by atoms with Crippen molar-refractivity contribution < 1.29 is 19.0 Å². The standard InChI is InChI=1S/C14H17N3O4/c1-5-17-13(10(8-18)15-16-17)9-6-11(19-2)14(21-4)12(7-9)20-3/h6-8H,5H2,1-4H3. The van der Waals surface area contributed by atoms with E-state index in [1.54, 1.807) is 16.8 Å².